The maximum atomic E-state index is 12.0. The molecule has 266 valence electrons. The predicted molar refractivity (Wildman–Crippen MR) is 159 cm³/mol. The van der Waals surface area contributed by atoms with Crippen LogP contribution in [0.2, 0.25) is 0 Å². The Morgan fingerprint density at radius 2 is 1.31 bits per heavy atom. The first kappa shape index (κ1) is 35.9. The van der Waals surface area contributed by atoms with Crippen LogP contribution in [0.25, 0.3) is 22.3 Å². The molecule has 1 aromatic heterocycles. The van der Waals surface area contributed by atoms with Gasteiger partial charge in [-0.25, -0.2) is 4.42 Å². The average molecular weight is 696 g/mol. The third-order valence-electron chi connectivity index (χ3n) is 7.88. The highest BCUT2D eigenvalue weighted by atomic mass is 16.7. The van der Waals surface area contributed by atoms with Crippen molar-refractivity contribution >= 4 is 22.9 Å². The van der Waals surface area contributed by atoms with Crippen molar-refractivity contribution in [3.8, 4) is 34.3 Å². The molecule has 2 aromatic carbocycles. The molecule has 2 aliphatic heterocycles. The number of esters is 1. The van der Waals surface area contributed by atoms with Crippen LogP contribution in [0.3, 0.4) is 0 Å². The number of aromatic hydroxyl groups is 2. The van der Waals surface area contributed by atoms with Gasteiger partial charge in [-0.05, 0) is 24.3 Å². The van der Waals surface area contributed by atoms with Gasteiger partial charge in [0, 0.05) is 12.1 Å². The number of hydrogen-bond acceptors (Lipinski definition) is 16. The quantitative estimate of drug-likeness (QED) is 0.0812. The summed E-state index contributed by atoms with van der Waals surface area (Å²) < 4.78 is 33.9. The maximum absolute atomic E-state index is 12.0. The van der Waals surface area contributed by atoms with E-state index in [4.69, 9.17) is 33.2 Å². The minimum Gasteiger partial charge on any atom is -0.508 e. The van der Waals surface area contributed by atoms with Crippen molar-refractivity contribution in [2.24, 2.45) is 0 Å². The number of aliphatic carboxylic acids is 1. The summed E-state index contributed by atoms with van der Waals surface area (Å²) >= 11 is 0. The fourth-order valence-electron chi connectivity index (χ4n) is 5.19. The SMILES string of the molecule is O=C(O)CCC(=O)OC[C@H]1O[C@@H](Oc2cc3c(O[C@@H]4O[C@@H](CO)[C@@H](O)[C@H](O)[C@H]4O)cc(O)cc3[o+]c2-c2ccc(O)cc2)[C@H](O)[C@@H](O)[C@@H]1O. The standard InChI is InChI=1S/C31H34O18/c32-10-19-23(38)25(40)27(42)30(48-19)46-17-8-14(34)7-16-15(17)9-18(29(45-16)12-1-3-13(33)4-2-12)47-31-28(43)26(41)24(39)20(49-31)11-44-22(37)6-5-21(35)36/h1-4,7-9,19-20,23-28,30-32,38-43H,5-6,10-11H2,(H2-,33,34,35,36)/p+1/t19-,20+,23+,24+,25-,26-,27+,28+,30+,31+/m0/s1. The minimum absolute atomic E-state index is 0.0401. The van der Waals surface area contributed by atoms with Crippen LogP contribution in [0.15, 0.2) is 46.9 Å². The molecular weight excluding hydrogens is 660 g/mol. The van der Waals surface area contributed by atoms with Crippen molar-refractivity contribution in [3.63, 3.8) is 0 Å². The van der Waals surface area contributed by atoms with Gasteiger partial charge in [0.05, 0.1) is 31.1 Å². The van der Waals surface area contributed by atoms with E-state index in [1.807, 2.05) is 0 Å². The van der Waals surface area contributed by atoms with E-state index in [1.54, 1.807) is 0 Å². The number of carbonyl (C=O) groups excluding carboxylic acids is 1. The molecule has 10 atom stereocenters. The molecule has 0 amide bonds. The van der Waals surface area contributed by atoms with Gasteiger partial charge in [-0.2, -0.15) is 0 Å². The van der Waals surface area contributed by atoms with Gasteiger partial charge in [-0.1, -0.05) is 0 Å². The van der Waals surface area contributed by atoms with Crippen LogP contribution < -0.4 is 9.47 Å². The van der Waals surface area contributed by atoms with Crippen LogP contribution in [-0.4, -0.2) is 138 Å². The molecule has 2 aliphatic rings. The Morgan fingerprint density at radius 1 is 0.714 bits per heavy atom. The number of benzene rings is 2. The number of hydrogen-bond donors (Lipinski definition) is 10. The summed E-state index contributed by atoms with van der Waals surface area (Å²) in [4.78, 5) is 22.7. The van der Waals surface area contributed by atoms with Gasteiger partial charge < -0.3 is 74.7 Å². The van der Waals surface area contributed by atoms with Gasteiger partial charge in [0.2, 0.25) is 18.3 Å². The Hall–Kier alpha value is -4.37. The van der Waals surface area contributed by atoms with Crippen LogP contribution >= 0.6 is 0 Å². The van der Waals surface area contributed by atoms with Crippen LogP contribution in [-0.2, 0) is 23.8 Å². The molecule has 0 unspecified atom stereocenters. The van der Waals surface area contributed by atoms with Crippen LogP contribution in [0, 0.1) is 0 Å². The van der Waals surface area contributed by atoms with Crippen molar-refractivity contribution < 1.29 is 88.8 Å². The lowest BCUT2D eigenvalue weighted by Gasteiger charge is -2.39. The lowest BCUT2D eigenvalue weighted by atomic mass is 9.99. The van der Waals surface area contributed by atoms with Crippen molar-refractivity contribution in [1.29, 1.82) is 0 Å². The Bertz CT molecular complexity index is 1630. The third kappa shape index (κ3) is 7.93. The average Bonchev–Trinajstić information content (AvgIpc) is 3.07. The summed E-state index contributed by atoms with van der Waals surface area (Å²) in [7, 11) is 0. The van der Waals surface area contributed by atoms with E-state index >= 15 is 0 Å². The van der Waals surface area contributed by atoms with Crippen molar-refractivity contribution in [3.05, 3.63) is 42.5 Å². The van der Waals surface area contributed by atoms with E-state index in [2.05, 4.69) is 0 Å². The molecule has 18 heteroatoms. The molecule has 5 rings (SSSR count). The first-order valence-corrected chi connectivity index (χ1v) is 14.9. The number of fused-ring (bicyclic) bond motifs is 1. The van der Waals surface area contributed by atoms with Crippen LogP contribution in [0.5, 0.6) is 23.0 Å². The molecule has 2 saturated heterocycles. The molecule has 2 fully saturated rings. The first-order valence-electron chi connectivity index (χ1n) is 14.9. The molecule has 10 N–H and O–H groups in total. The second-order valence-electron chi connectivity index (χ2n) is 11.4. The fraction of sp³-hybridized carbons (Fsp3) is 0.452. The van der Waals surface area contributed by atoms with E-state index in [0.29, 0.717) is 5.56 Å². The third-order valence-corrected chi connectivity index (χ3v) is 7.88. The van der Waals surface area contributed by atoms with Crippen molar-refractivity contribution in [2.75, 3.05) is 13.2 Å². The summed E-state index contributed by atoms with van der Waals surface area (Å²) in [5.41, 5.74) is 0.256. The Kier molecular flexibility index (Phi) is 11.0. The molecule has 0 bridgehead atoms. The van der Waals surface area contributed by atoms with Crippen LogP contribution in [0.1, 0.15) is 12.8 Å². The Morgan fingerprint density at radius 3 is 1.92 bits per heavy atom. The van der Waals surface area contributed by atoms with Crippen molar-refractivity contribution in [1.82, 2.24) is 0 Å². The van der Waals surface area contributed by atoms with Gasteiger partial charge in [-0.15, -0.1) is 0 Å². The number of carboxylic acid groups (broad SMARTS) is 1. The summed E-state index contributed by atoms with van der Waals surface area (Å²) in [6.45, 7) is -1.38. The topological polar surface area (TPSA) is 294 Å². The van der Waals surface area contributed by atoms with E-state index in [9.17, 15) is 55.5 Å². The number of carbonyl (C=O) groups is 2. The first-order chi connectivity index (χ1) is 23.3. The summed E-state index contributed by atoms with van der Waals surface area (Å²) in [6.07, 6.45) is -17.9. The molecule has 18 nitrogen and oxygen atoms in total. The van der Waals surface area contributed by atoms with E-state index < -0.39 is 99.4 Å². The molecule has 0 saturated carbocycles. The van der Waals surface area contributed by atoms with Gasteiger partial charge >= 0.3 is 23.3 Å². The highest BCUT2D eigenvalue weighted by molar-refractivity contribution is 5.88. The summed E-state index contributed by atoms with van der Waals surface area (Å²) in [6, 6.07) is 9.14. The second kappa shape index (κ2) is 15.0. The number of carboxylic acids is 1. The lowest BCUT2D eigenvalue weighted by Crippen LogP contribution is -2.60. The number of phenols is 2. The Labute approximate surface area is 276 Å². The molecule has 49 heavy (non-hydrogen) atoms. The fourth-order valence-corrected chi connectivity index (χ4v) is 5.19. The number of ether oxygens (including phenoxy) is 5. The molecule has 0 spiro atoms. The second-order valence-corrected chi connectivity index (χ2v) is 11.4. The van der Waals surface area contributed by atoms with Crippen LogP contribution in [0.4, 0.5) is 0 Å². The van der Waals surface area contributed by atoms with Gasteiger partial charge in [0.25, 0.3) is 0 Å². The Balaban J connectivity index is 1.50. The molecular formula is C31H35O18+. The molecule has 0 radical (unpaired) electrons. The molecule has 3 aromatic rings. The monoisotopic (exact) mass is 695 g/mol. The van der Waals surface area contributed by atoms with Crippen molar-refractivity contribution in [2.45, 2.75) is 74.3 Å². The zero-order valence-electron chi connectivity index (χ0n) is 25.4. The lowest BCUT2D eigenvalue weighted by molar-refractivity contribution is -0.278. The number of phenolic OH excluding ortho intramolecular Hbond substituents is 2. The van der Waals surface area contributed by atoms with E-state index in [-0.39, 0.29) is 39.7 Å². The number of aliphatic hydroxyl groups excluding tert-OH is 7. The van der Waals surface area contributed by atoms with Gasteiger partial charge in [0.15, 0.2) is 0 Å². The zero-order chi connectivity index (χ0) is 35.6. The largest absolute Gasteiger partial charge is 0.508 e. The highest BCUT2D eigenvalue weighted by Crippen LogP contribution is 2.42. The van der Waals surface area contributed by atoms with Gasteiger partial charge in [-0.3, -0.25) is 9.59 Å². The smallest absolute Gasteiger partial charge is 0.402 e. The molecule has 3 heterocycles. The zero-order valence-corrected chi connectivity index (χ0v) is 25.4. The van der Waals surface area contributed by atoms with E-state index in [0.717, 1.165) is 6.07 Å². The summed E-state index contributed by atoms with van der Waals surface area (Å²) in [5, 5.41) is 101. The molecule has 0 aliphatic carbocycles. The number of aliphatic hydroxyl groups is 7. The number of rotatable bonds is 11. The normalized spacial score (nSPS) is 30.1. The van der Waals surface area contributed by atoms with E-state index in [1.165, 1.54) is 36.4 Å². The maximum Gasteiger partial charge on any atom is 0.402 e. The summed E-state index contributed by atoms with van der Waals surface area (Å²) in [5.74, 6) is -3.11. The van der Waals surface area contributed by atoms with Gasteiger partial charge in [0.1, 0.15) is 78.1 Å². The minimum atomic E-state index is -1.89. The highest BCUT2D eigenvalue weighted by Gasteiger charge is 2.47. The predicted octanol–water partition coefficient (Wildman–Crippen LogP) is -1.43.